The fourth-order valence-corrected chi connectivity index (χ4v) is 4.45. The van der Waals surface area contributed by atoms with Gasteiger partial charge in [-0.1, -0.05) is 42.0 Å². The van der Waals surface area contributed by atoms with Crippen molar-refractivity contribution in [2.45, 2.75) is 16.7 Å². The Labute approximate surface area is 158 Å². The smallest absolute Gasteiger partial charge is 0.127 e. The molecule has 3 aromatic rings. The molecule has 0 aromatic heterocycles. The van der Waals surface area contributed by atoms with Crippen molar-refractivity contribution in [3.8, 4) is 16.9 Å². The van der Waals surface area contributed by atoms with Crippen molar-refractivity contribution in [1.82, 2.24) is 0 Å². The predicted octanol–water partition coefficient (Wildman–Crippen LogP) is 5.44. The van der Waals surface area contributed by atoms with Crippen LogP contribution in [0.25, 0.3) is 11.1 Å². The van der Waals surface area contributed by atoms with Crippen LogP contribution < -0.4 is 4.74 Å². The van der Waals surface area contributed by atoms with Crippen molar-refractivity contribution in [2.75, 3.05) is 7.11 Å². The van der Waals surface area contributed by atoms with Gasteiger partial charge < -0.3 is 4.74 Å². The summed E-state index contributed by atoms with van der Waals surface area (Å²) in [4.78, 5) is 1.56. The van der Waals surface area contributed by atoms with Gasteiger partial charge in [0.2, 0.25) is 0 Å². The molecular formula is C20H17IO2S. The van der Waals surface area contributed by atoms with E-state index < -0.39 is 10.8 Å². The number of methoxy groups -OCH3 is 1. The van der Waals surface area contributed by atoms with Crippen LogP contribution in [0.3, 0.4) is 0 Å². The first-order valence-electron chi connectivity index (χ1n) is 7.52. The Morgan fingerprint density at radius 2 is 1.62 bits per heavy atom. The third-order valence-corrected chi connectivity index (χ3v) is 6.17. The minimum absolute atomic E-state index is 0.733. The van der Waals surface area contributed by atoms with Gasteiger partial charge in [0.15, 0.2) is 0 Å². The fraction of sp³-hybridized carbons (Fsp3) is 0.100. The van der Waals surface area contributed by atoms with Crippen molar-refractivity contribution in [2.24, 2.45) is 0 Å². The first-order valence-corrected chi connectivity index (χ1v) is 9.75. The van der Waals surface area contributed by atoms with Crippen molar-refractivity contribution >= 4 is 33.4 Å². The average molecular weight is 448 g/mol. The van der Waals surface area contributed by atoms with E-state index in [2.05, 4.69) is 22.6 Å². The molecule has 0 N–H and O–H groups in total. The molecule has 3 rings (SSSR count). The third-order valence-electron chi connectivity index (χ3n) is 3.79. The molecule has 3 aromatic carbocycles. The normalized spacial score (nSPS) is 12.0. The Morgan fingerprint density at radius 3 is 2.29 bits per heavy atom. The third kappa shape index (κ3) is 3.39. The largest absolute Gasteiger partial charge is 0.496 e. The summed E-state index contributed by atoms with van der Waals surface area (Å²) in [5, 5.41) is 0. The zero-order chi connectivity index (χ0) is 17.1. The molecule has 0 spiro atoms. The lowest BCUT2D eigenvalue weighted by atomic mass is 10.0. The van der Waals surface area contributed by atoms with Crippen molar-refractivity contribution in [3.05, 3.63) is 75.9 Å². The molecule has 0 aliphatic carbocycles. The molecule has 1 atom stereocenters. The van der Waals surface area contributed by atoms with E-state index in [-0.39, 0.29) is 0 Å². The zero-order valence-electron chi connectivity index (χ0n) is 13.5. The molecule has 0 heterocycles. The Balaban J connectivity index is 2.20. The van der Waals surface area contributed by atoms with Gasteiger partial charge in [-0.15, -0.1) is 0 Å². The minimum atomic E-state index is -1.27. The summed E-state index contributed by atoms with van der Waals surface area (Å²) in [6, 6.07) is 21.6. The summed E-state index contributed by atoms with van der Waals surface area (Å²) >= 11 is 2.30. The van der Waals surface area contributed by atoms with E-state index in [0.29, 0.717) is 0 Å². The van der Waals surface area contributed by atoms with Gasteiger partial charge in [-0.25, -0.2) is 4.21 Å². The standard InChI is InChI=1S/C20H17IO2S/c1-14-10-12-15(13-11-14)24(22)19-9-5-8-18(23-2)20(19)16-6-3-4-7-17(16)21/h3-13H,1-2H3/t24-/m0/s1. The van der Waals surface area contributed by atoms with Gasteiger partial charge >= 0.3 is 0 Å². The van der Waals surface area contributed by atoms with Crippen molar-refractivity contribution in [3.63, 3.8) is 0 Å². The average Bonchev–Trinajstić information content (AvgIpc) is 2.61. The van der Waals surface area contributed by atoms with Gasteiger partial charge in [0.25, 0.3) is 0 Å². The van der Waals surface area contributed by atoms with Crippen LogP contribution in [0.2, 0.25) is 0 Å². The second-order valence-corrected chi connectivity index (χ2v) is 8.01. The number of rotatable bonds is 4. The zero-order valence-corrected chi connectivity index (χ0v) is 16.4. The van der Waals surface area contributed by atoms with Gasteiger partial charge in [0.1, 0.15) is 5.75 Å². The number of ether oxygens (including phenoxy) is 1. The van der Waals surface area contributed by atoms with Crippen LogP contribution in [-0.2, 0) is 10.8 Å². The van der Waals surface area contributed by atoms with E-state index in [1.165, 1.54) is 0 Å². The molecule has 0 radical (unpaired) electrons. The SMILES string of the molecule is COc1cccc([S@@](=O)c2ccc(C)cc2)c1-c1ccccc1I. The monoisotopic (exact) mass is 448 g/mol. The van der Waals surface area contributed by atoms with Gasteiger partial charge in [-0.05, 0) is 65.4 Å². The Kier molecular flexibility index (Phi) is 5.36. The number of hydrogen-bond acceptors (Lipinski definition) is 2. The van der Waals surface area contributed by atoms with E-state index in [1.54, 1.807) is 7.11 Å². The molecular weight excluding hydrogens is 431 g/mol. The van der Waals surface area contributed by atoms with Crippen LogP contribution in [0.4, 0.5) is 0 Å². The van der Waals surface area contributed by atoms with Crippen LogP contribution in [0.5, 0.6) is 5.75 Å². The Bertz CT molecular complexity index is 888. The highest BCUT2D eigenvalue weighted by Crippen LogP contribution is 2.38. The summed E-state index contributed by atoms with van der Waals surface area (Å²) in [5.74, 6) is 0.733. The number of aryl methyl sites for hydroxylation is 1. The van der Waals surface area contributed by atoms with Crippen LogP contribution in [0.1, 0.15) is 5.56 Å². The quantitative estimate of drug-likeness (QED) is 0.497. The number of halogens is 1. The maximum absolute atomic E-state index is 13.2. The highest BCUT2D eigenvalue weighted by atomic mass is 127. The van der Waals surface area contributed by atoms with E-state index in [9.17, 15) is 4.21 Å². The van der Waals surface area contributed by atoms with E-state index >= 15 is 0 Å². The highest BCUT2D eigenvalue weighted by molar-refractivity contribution is 14.1. The lowest BCUT2D eigenvalue weighted by Crippen LogP contribution is -1.99. The number of hydrogen-bond donors (Lipinski definition) is 0. The maximum atomic E-state index is 13.2. The summed E-state index contributed by atoms with van der Waals surface area (Å²) in [7, 11) is 0.375. The van der Waals surface area contributed by atoms with Gasteiger partial charge in [0.05, 0.1) is 22.8 Å². The maximum Gasteiger partial charge on any atom is 0.127 e. The van der Waals surface area contributed by atoms with E-state index in [4.69, 9.17) is 4.74 Å². The van der Waals surface area contributed by atoms with Crippen molar-refractivity contribution in [1.29, 1.82) is 0 Å². The molecule has 4 heteroatoms. The molecule has 24 heavy (non-hydrogen) atoms. The highest BCUT2D eigenvalue weighted by Gasteiger charge is 2.19. The molecule has 2 nitrogen and oxygen atoms in total. The lowest BCUT2D eigenvalue weighted by molar-refractivity contribution is 0.415. The van der Waals surface area contributed by atoms with Gasteiger partial charge in [-0.2, -0.15) is 0 Å². The molecule has 0 saturated heterocycles. The molecule has 0 fully saturated rings. The molecule has 0 aliphatic rings. The van der Waals surface area contributed by atoms with Crippen LogP contribution in [-0.4, -0.2) is 11.3 Å². The molecule has 0 amide bonds. The fourth-order valence-electron chi connectivity index (χ4n) is 2.55. The summed E-state index contributed by atoms with van der Waals surface area (Å²) < 4.78 is 19.8. The molecule has 122 valence electrons. The predicted molar refractivity (Wildman–Crippen MR) is 107 cm³/mol. The topological polar surface area (TPSA) is 26.3 Å². The number of benzene rings is 3. The summed E-state index contributed by atoms with van der Waals surface area (Å²) in [6.07, 6.45) is 0. The molecule has 0 unspecified atom stereocenters. The molecule has 0 bridgehead atoms. The minimum Gasteiger partial charge on any atom is -0.496 e. The van der Waals surface area contributed by atoms with Gasteiger partial charge in [-0.3, -0.25) is 0 Å². The van der Waals surface area contributed by atoms with Gasteiger partial charge in [0, 0.05) is 14.0 Å². The summed E-state index contributed by atoms with van der Waals surface area (Å²) in [6.45, 7) is 2.02. The van der Waals surface area contributed by atoms with Crippen LogP contribution >= 0.6 is 22.6 Å². The van der Waals surface area contributed by atoms with Crippen LogP contribution in [0, 0.1) is 10.5 Å². The van der Waals surface area contributed by atoms with E-state index in [1.807, 2.05) is 73.7 Å². The van der Waals surface area contributed by atoms with E-state index in [0.717, 1.165) is 35.8 Å². The Hall–Kier alpha value is -1.66. The first kappa shape index (κ1) is 17.2. The Morgan fingerprint density at radius 1 is 0.917 bits per heavy atom. The lowest BCUT2D eigenvalue weighted by Gasteiger charge is -2.15. The second kappa shape index (κ2) is 7.49. The molecule has 0 saturated carbocycles. The summed E-state index contributed by atoms with van der Waals surface area (Å²) in [5.41, 5.74) is 3.08. The van der Waals surface area contributed by atoms with Crippen LogP contribution in [0.15, 0.2) is 76.5 Å². The molecule has 0 aliphatic heterocycles. The second-order valence-electron chi connectivity index (χ2n) is 5.40. The first-order chi connectivity index (χ1) is 11.6. The van der Waals surface area contributed by atoms with Crippen molar-refractivity contribution < 1.29 is 8.95 Å².